The molecule has 0 bridgehead atoms. The van der Waals surface area contributed by atoms with Crippen molar-refractivity contribution in [2.45, 2.75) is 30.1 Å². The first kappa shape index (κ1) is 13.1. The van der Waals surface area contributed by atoms with Gasteiger partial charge in [-0.2, -0.15) is 0 Å². The zero-order chi connectivity index (χ0) is 12.3. The second kappa shape index (κ2) is 6.02. The lowest BCUT2D eigenvalue weighted by atomic mass is 10.2. The van der Waals surface area contributed by atoms with Crippen molar-refractivity contribution in [3.05, 3.63) is 0 Å². The molecule has 1 saturated carbocycles. The van der Waals surface area contributed by atoms with E-state index in [0.717, 1.165) is 27.8 Å². The summed E-state index contributed by atoms with van der Waals surface area (Å²) in [4.78, 5) is 2.00. The van der Waals surface area contributed by atoms with Crippen LogP contribution in [-0.2, 0) is 0 Å². The quantitative estimate of drug-likeness (QED) is 0.770. The molecule has 96 valence electrons. The maximum Gasteiger partial charge on any atom is 0.208 e. The van der Waals surface area contributed by atoms with Crippen molar-refractivity contribution in [3.63, 3.8) is 0 Å². The average molecular weight is 272 g/mol. The molecular formula is C11H20N4S2. The molecule has 4 nitrogen and oxygen atoms in total. The number of rotatable bonds is 7. The fourth-order valence-electron chi connectivity index (χ4n) is 1.37. The van der Waals surface area contributed by atoms with Crippen LogP contribution in [0.3, 0.4) is 0 Å². The highest BCUT2D eigenvalue weighted by atomic mass is 32.2. The van der Waals surface area contributed by atoms with Crippen LogP contribution in [0.15, 0.2) is 4.34 Å². The standard InChI is InChI=1S/C11H20N4S2/c1-8(6-12-9-4-5-9)7-16-11-14-13-10(17-11)15(2)3/h8-9,12H,4-7H2,1-3H3. The van der Waals surface area contributed by atoms with Gasteiger partial charge in [0.05, 0.1) is 0 Å². The molecule has 17 heavy (non-hydrogen) atoms. The first-order valence-corrected chi connectivity index (χ1v) is 7.82. The van der Waals surface area contributed by atoms with Gasteiger partial charge in [0.15, 0.2) is 4.34 Å². The molecule has 1 N–H and O–H groups in total. The Bertz CT molecular complexity index is 349. The van der Waals surface area contributed by atoms with Crippen LogP contribution in [0.5, 0.6) is 0 Å². The molecule has 2 rings (SSSR count). The molecule has 0 aromatic carbocycles. The minimum Gasteiger partial charge on any atom is -0.353 e. The maximum atomic E-state index is 4.19. The smallest absolute Gasteiger partial charge is 0.208 e. The molecule has 1 aliphatic rings. The van der Waals surface area contributed by atoms with Crippen LogP contribution in [0.4, 0.5) is 5.13 Å². The fourth-order valence-corrected chi connectivity index (χ4v) is 3.18. The van der Waals surface area contributed by atoms with Crippen LogP contribution in [-0.4, -0.2) is 42.6 Å². The molecule has 1 unspecified atom stereocenters. The zero-order valence-corrected chi connectivity index (χ0v) is 12.3. The van der Waals surface area contributed by atoms with E-state index >= 15 is 0 Å². The number of aromatic nitrogens is 2. The van der Waals surface area contributed by atoms with Gasteiger partial charge in [-0.25, -0.2) is 0 Å². The normalized spacial score (nSPS) is 17.1. The molecule has 0 spiro atoms. The predicted octanol–water partition coefficient (Wildman–Crippen LogP) is 2.08. The third kappa shape index (κ3) is 4.44. The average Bonchev–Trinajstić information content (AvgIpc) is 3.00. The van der Waals surface area contributed by atoms with Crippen LogP contribution in [0.2, 0.25) is 0 Å². The molecule has 1 heterocycles. The number of nitrogens with one attached hydrogen (secondary N) is 1. The Balaban J connectivity index is 1.68. The van der Waals surface area contributed by atoms with Crippen LogP contribution in [0.25, 0.3) is 0 Å². The van der Waals surface area contributed by atoms with Gasteiger partial charge >= 0.3 is 0 Å². The van der Waals surface area contributed by atoms with E-state index in [0.29, 0.717) is 5.92 Å². The second-order valence-corrected chi connectivity index (χ2v) is 7.07. The van der Waals surface area contributed by atoms with E-state index < -0.39 is 0 Å². The van der Waals surface area contributed by atoms with E-state index in [1.165, 1.54) is 12.8 Å². The number of nitrogens with zero attached hydrogens (tertiary/aromatic N) is 3. The monoisotopic (exact) mass is 272 g/mol. The summed E-state index contributed by atoms with van der Waals surface area (Å²) in [5, 5.41) is 12.9. The summed E-state index contributed by atoms with van der Waals surface area (Å²) in [5.74, 6) is 1.80. The molecular weight excluding hydrogens is 252 g/mol. The van der Waals surface area contributed by atoms with Gasteiger partial charge in [-0.1, -0.05) is 30.0 Å². The maximum absolute atomic E-state index is 4.19. The summed E-state index contributed by atoms with van der Waals surface area (Å²) < 4.78 is 1.08. The zero-order valence-electron chi connectivity index (χ0n) is 10.6. The summed E-state index contributed by atoms with van der Waals surface area (Å²) in [5.41, 5.74) is 0. The van der Waals surface area contributed by atoms with Crippen molar-refractivity contribution in [1.82, 2.24) is 15.5 Å². The summed E-state index contributed by atoms with van der Waals surface area (Å²) in [6, 6.07) is 0.810. The van der Waals surface area contributed by atoms with E-state index in [4.69, 9.17) is 0 Å². The van der Waals surface area contributed by atoms with Crippen LogP contribution in [0, 0.1) is 5.92 Å². The Hall–Kier alpha value is -0.330. The minimum atomic E-state index is 0.687. The van der Waals surface area contributed by atoms with E-state index in [9.17, 15) is 0 Å². The van der Waals surface area contributed by atoms with Crippen LogP contribution < -0.4 is 10.2 Å². The molecule has 0 amide bonds. The second-order valence-electron chi connectivity index (χ2n) is 4.84. The lowest BCUT2D eigenvalue weighted by molar-refractivity contribution is 0.556. The largest absolute Gasteiger partial charge is 0.353 e. The first-order chi connectivity index (χ1) is 8.15. The Morgan fingerprint density at radius 3 is 2.82 bits per heavy atom. The minimum absolute atomic E-state index is 0.687. The summed E-state index contributed by atoms with van der Waals surface area (Å²) >= 11 is 3.48. The Morgan fingerprint density at radius 1 is 1.47 bits per heavy atom. The molecule has 6 heteroatoms. The van der Waals surface area contributed by atoms with E-state index in [1.54, 1.807) is 11.3 Å². The van der Waals surface area contributed by atoms with Crippen molar-refractivity contribution >= 4 is 28.2 Å². The van der Waals surface area contributed by atoms with E-state index in [1.807, 2.05) is 30.8 Å². The molecule has 1 aromatic rings. The molecule has 0 radical (unpaired) electrons. The highest BCUT2D eigenvalue weighted by molar-refractivity contribution is 8.01. The number of thioether (sulfide) groups is 1. The van der Waals surface area contributed by atoms with Gasteiger partial charge in [-0.05, 0) is 25.3 Å². The summed E-state index contributed by atoms with van der Waals surface area (Å²) in [6.45, 7) is 3.41. The Labute approximate surface area is 111 Å². The summed E-state index contributed by atoms with van der Waals surface area (Å²) in [7, 11) is 3.99. The van der Waals surface area contributed by atoms with Gasteiger partial charge in [0.25, 0.3) is 0 Å². The van der Waals surface area contributed by atoms with Crippen molar-refractivity contribution in [2.24, 2.45) is 5.92 Å². The highest BCUT2D eigenvalue weighted by Crippen LogP contribution is 2.28. The number of hydrogen-bond donors (Lipinski definition) is 1. The van der Waals surface area contributed by atoms with Crippen molar-refractivity contribution in [1.29, 1.82) is 0 Å². The third-order valence-corrected chi connectivity index (χ3v) is 5.16. The summed E-state index contributed by atoms with van der Waals surface area (Å²) in [6.07, 6.45) is 2.73. The van der Waals surface area contributed by atoms with Crippen LogP contribution in [0.1, 0.15) is 19.8 Å². The lowest BCUT2D eigenvalue weighted by Gasteiger charge is -2.10. The van der Waals surface area contributed by atoms with E-state index in [2.05, 4.69) is 22.4 Å². The van der Waals surface area contributed by atoms with Gasteiger partial charge in [-0.3, -0.25) is 0 Å². The van der Waals surface area contributed by atoms with Crippen LogP contribution >= 0.6 is 23.1 Å². The topological polar surface area (TPSA) is 41.1 Å². The van der Waals surface area contributed by atoms with Gasteiger partial charge in [0.2, 0.25) is 5.13 Å². The van der Waals surface area contributed by atoms with Crippen molar-refractivity contribution in [3.8, 4) is 0 Å². The molecule has 1 atom stereocenters. The molecule has 1 aromatic heterocycles. The SMILES string of the molecule is CC(CNC1CC1)CSc1nnc(N(C)C)s1. The van der Waals surface area contributed by atoms with Gasteiger partial charge < -0.3 is 10.2 Å². The first-order valence-electron chi connectivity index (χ1n) is 6.02. The van der Waals surface area contributed by atoms with E-state index in [-0.39, 0.29) is 0 Å². The van der Waals surface area contributed by atoms with Gasteiger partial charge in [-0.15, -0.1) is 10.2 Å². The molecule has 1 aliphatic carbocycles. The highest BCUT2D eigenvalue weighted by Gasteiger charge is 2.20. The molecule has 1 fully saturated rings. The predicted molar refractivity (Wildman–Crippen MR) is 75.1 cm³/mol. The molecule has 0 saturated heterocycles. The number of hydrogen-bond acceptors (Lipinski definition) is 6. The number of anilines is 1. The Kier molecular flexibility index (Phi) is 4.64. The lowest BCUT2D eigenvalue weighted by Crippen LogP contribution is -2.24. The fraction of sp³-hybridized carbons (Fsp3) is 0.818. The van der Waals surface area contributed by atoms with Crippen molar-refractivity contribution < 1.29 is 0 Å². The molecule has 0 aliphatic heterocycles. The Morgan fingerprint density at radius 2 is 2.24 bits per heavy atom. The van der Waals surface area contributed by atoms with Gasteiger partial charge in [0.1, 0.15) is 0 Å². The van der Waals surface area contributed by atoms with Gasteiger partial charge in [0, 0.05) is 25.9 Å². The van der Waals surface area contributed by atoms with Crippen molar-refractivity contribution in [2.75, 3.05) is 31.3 Å². The third-order valence-electron chi connectivity index (χ3n) is 2.60.